The second-order valence-corrected chi connectivity index (χ2v) is 6.15. The molecule has 3 heterocycles. The summed E-state index contributed by atoms with van der Waals surface area (Å²) in [5.74, 6) is 0.730. The molecule has 9 nitrogen and oxygen atoms in total. The molecule has 3 atom stereocenters. The summed E-state index contributed by atoms with van der Waals surface area (Å²) < 4.78 is 1.37. The normalized spacial score (nSPS) is 23.2. The predicted octanol–water partition coefficient (Wildman–Crippen LogP) is -0.664. The van der Waals surface area contributed by atoms with E-state index < -0.39 is 11.9 Å². The average molecular weight is 328 g/mol. The average Bonchev–Trinajstić information content (AvgIpc) is 3.04. The van der Waals surface area contributed by atoms with Crippen LogP contribution in [0.25, 0.3) is 0 Å². The van der Waals surface area contributed by atoms with E-state index in [1.807, 2.05) is 0 Å². The monoisotopic (exact) mass is 328 g/mol. The van der Waals surface area contributed by atoms with E-state index in [0.717, 1.165) is 13.0 Å². The maximum atomic E-state index is 12.1. The van der Waals surface area contributed by atoms with Crippen LogP contribution in [0.2, 0.25) is 0 Å². The minimum atomic E-state index is -0.683. The van der Waals surface area contributed by atoms with Crippen molar-refractivity contribution in [1.29, 1.82) is 0 Å². The Bertz CT molecular complexity index is 802. The van der Waals surface area contributed by atoms with E-state index in [0.29, 0.717) is 17.3 Å². The molecule has 1 aliphatic heterocycles. The van der Waals surface area contributed by atoms with Crippen LogP contribution in [0.1, 0.15) is 28.5 Å². The van der Waals surface area contributed by atoms with Gasteiger partial charge in [-0.3, -0.25) is 14.5 Å². The van der Waals surface area contributed by atoms with Crippen molar-refractivity contribution in [3.63, 3.8) is 0 Å². The maximum absolute atomic E-state index is 12.1. The zero-order valence-electron chi connectivity index (χ0n) is 12.7. The van der Waals surface area contributed by atoms with Crippen LogP contribution in [0.15, 0.2) is 24.5 Å². The second-order valence-electron chi connectivity index (χ2n) is 6.15. The number of piperidine rings is 1. The number of anilines is 1. The van der Waals surface area contributed by atoms with Gasteiger partial charge in [0, 0.05) is 18.7 Å². The van der Waals surface area contributed by atoms with Gasteiger partial charge < -0.3 is 10.8 Å². The lowest BCUT2D eigenvalue weighted by Gasteiger charge is -2.19. The quantitative estimate of drug-likeness (QED) is 0.750. The minimum Gasteiger partial charge on any atom is -0.394 e. The van der Waals surface area contributed by atoms with Crippen molar-refractivity contribution in [3.8, 4) is 0 Å². The third-order valence-electron chi connectivity index (χ3n) is 4.61. The van der Waals surface area contributed by atoms with E-state index in [9.17, 15) is 14.7 Å². The second kappa shape index (κ2) is 5.38. The van der Waals surface area contributed by atoms with Gasteiger partial charge in [0.05, 0.1) is 12.8 Å². The summed E-state index contributed by atoms with van der Waals surface area (Å²) in [6, 6.07) is 3.01. The number of hydrogen-bond acceptors (Lipinski definition) is 6. The molecule has 2 fully saturated rings. The molecule has 124 valence electrons. The highest BCUT2D eigenvalue weighted by Crippen LogP contribution is 2.46. The van der Waals surface area contributed by atoms with Gasteiger partial charge in [0.25, 0.3) is 5.91 Å². The van der Waals surface area contributed by atoms with Gasteiger partial charge in [0.2, 0.25) is 5.91 Å². The van der Waals surface area contributed by atoms with Crippen LogP contribution in [0.4, 0.5) is 5.82 Å². The fourth-order valence-electron chi connectivity index (χ4n) is 3.12. The molecule has 1 aliphatic carbocycles. The third kappa shape index (κ3) is 2.33. The zero-order chi connectivity index (χ0) is 16.8. The summed E-state index contributed by atoms with van der Waals surface area (Å²) in [6.45, 7) is 0.486. The molecule has 1 saturated carbocycles. The van der Waals surface area contributed by atoms with Crippen LogP contribution < -0.4 is 10.6 Å². The number of amides is 2. The molecule has 0 spiro atoms. The molecule has 3 N–H and O–H groups in total. The summed E-state index contributed by atoms with van der Waals surface area (Å²) in [7, 11) is 0. The van der Waals surface area contributed by atoms with Crippen LogP contribution in [0, 0.1) is 11.8 Å². The first-order valence-electron chi connectivity index (χ1n) is 7.68. The molecule has 0 aromatic carbocycles. The zero-order valence-corrected chi connectivity index (χ0v) is 12.7. The van der Waals surface area contributed by atoms with Gasteiger partial charge in [-0.15, -0.1) is 5.10 Å². The van der Waals surface area contributed by atoms with E-state index in [-0.39, 0.29) is 24.1 Å². The number of carbonyl (C=O) groups excluding carboxylic acids is 2. The molecule has 1 saturated heterocycles. The standard InChI is InChI=1S/C15H16N6O3/c16-14(23)11-6-21(19-18-11)12(7-22)8-1-2-13(17-4-8)20-5-9-3-10(9)15(20)24/h1-2,4,6,9-10,12,22H,3,5,7H2,(H2,16,23)/t9-,10-,12-/m1/s1. The highest BCUT2D eigenvalue weighted by molar-refractivity contribution is 5.99. The Morgan fingerprint density at radius 3 is 2.83 bits per heavy atom. The Balaban J connectivity index is 1.56. The number of primary amides is 1. The number of aliphatic hydroxyl groups excluding tert-OH is 1. The van der Waals surface area contributed by atoms with Crippen molar-refractivity contribution in [2.24, 2.45) is 17.6 Å². The van der Waals surface area contributed by atoms with Crippen LogP contribution >= 0.6 is 0 Å². The molecule has 4 rings (SSSR count). The Morgan fingerprint density at radius 1 is 1.46 bits per heavy atom. The Hall–Kier alpha value is -2.81. The highest BCUT2D eigenvalue weighted by atomic mass is 16.3. The number of carbonyl (C=O) groups is 2. The Kier molecular flexibility index (Phi) is 3.31. The predicted molar refractivity (Wildman–Crippen MR) is 82.0 cm³/mol. The van der Waals surface area contributed by atoms with Gasteiger partial charge in [-0.1, -0.05) is 11.3 Å². The molecule has 2 aromatic heterocycles. The molecule has 2 aliphatic rings. The van der Waals surface area contributed by atoms with Crippen molar-refractivity contribution in [1.82, 2.24) is 20.0 Å². The maximum Gasteiger partial charge on any atom is 0.270 e. The van der Waals surface area contributed by atoms with Crippen molar-refractivity contribution in [2.75, 3.05) is 18.1 Å². The summed E-state index contributed by atoms with van der Waals surface area (Å²) in [4.78, 5) is 29.2. The van der Waals surface area contributed by atoms with Crippen molar-refractivity contribution >= 4 is 17.6 Å². The SMILES string of the molecule is NC(=O)c1cn([C@H](CO)c2ccc(N3C[C@H]4C[C@H]4C3=O)nc2)nn1. The first-order chi connectivity index (χ1) is 11.6. The van der Waals surface area contributed by atoms with Crippen LogP contribution in [-0.2, 0) is 4.79 Å². The number of rotatable bonds is 5. The lowest BCUT2D eigenvalue weighted by Crippen LogP contribution is -2.28. The summed E-state index contributed by atoms with van der Waals surface area (Å²) in [5, 5.41) is 17.1. The fraction of sp³-hybridized carbons (Fsp3) is 0.400. The van der Waals surface area contributed by atoms with E-state index in [1.54, 1.807) is 23.2 Å². The number of nitrogens with two attached hydrogens (primary N) is 1. The molecule has 0 bridgehead atoms. The molecular formula is C15H16N6O3. The number of pyridine rings is 1. The van der Waals surface area contributed by atoms with E-state index in [1.165, 1.54) is 10.9 Å². The summed E-state index contributed by atoms with van der Waals surface area (Å²) in [6.07, 6.45) is 3.97. The molecule has 24 heavy (non-hydrogen) atoms. The van der Waals surface area contributed by atoms with Gasteiger partial charge in [-0.05, 0) is 24.0 Å². The van der Waals surface area contributed by atoms with Crippen molar-refractivity contribution in [3.05, 3.63) is 35.8 Å². The van der Waals surface area contributed by atoms with E-state index >= 15 is 0 Å². The molecule has 0 unspecified atom stereocenters. The van der Waals surface area contributed by atoms with Gasteiger partial charge in [0.1, 0.15) is 11.9 Å². The lowest BCUT2D eigenvalue weighted by molar-refractivity contribution is -0.118. The van der Waals surface area contributed by atoms with E-state index in [4.69, 9.17) is 5.73 Å². The first-order valence-corrected chi connectivity index (χ1v) is 7.68. The summed E-state index contributed by atoms with van der Waals surface area (Å²) >= 11 is 0. The number of fused-ring (bicyclic) bond motifs is 1. The largest absolute Gasteiger partial charge is 0.394 e. The van der Waals surface area contributed by atoms with Crippen LogP contribution in [-0.4, -0.2) is 50.1 Å². The molecular weight excluding hydrogens is 312 g/mol. The smallest absolute Gasteiger partial charge is 0.270 e. The van der Waals surface area contributed by atoms with Crippen LogP contribution in [0.3, 0.4) is 0 Å². The minimum absolute atomic E-state index is 0.0277. The van der Waals surface area contributed by atoms with Crippen LogP contribution in [0.5, 0.6) is 0 Å². The Morgan fingerprint density at radius 2 is 2.29 bits per heavy atom. The van der Waals surface area contributed by atoms with Crippen molar-refractivity contribution < 1.29 is 14.7 Å². The van der Waals surface area contributed by atoms with Gasteiger partial charge >= 0.3 is 0 Å². The number of aliphatic hydroxyl groups is 1. The topological polar surface area (TPSA) is 127 Å². The molecule has 9 heteroatoms. The molecule has 2 aromatic rings. The van der Waals surface area contributed by atoms with E-state index in [2.05, 4.69) is 15.3 Å². The van der Waals surface area contributed by atoms with Gasteiger partial charge in [-0.2, -0.15) is 0 Å². The molecule has 2 amide bonds. The number of hydrogen-bond donors (Lipinski definition) is 2. The van der Waals surface area contributed by atoms with Crippen molar-refractivity contribution in [2.45, 2.75) is 12.5 Å². The Labute approximate surface area is 137 Å². The number of aromatic nitrogens is 4. The first kappa shape index (κ1) is 14.8. The summed E-state index contributed by atoms with van der Waals surface area (Å²) in [5.41, 5.74) is 5.88. The number of nitrogens with zero attached hydrogens (tertiary/aromatic N) is 5. The third-order valence-corrected chi connectivity index (χ3v) is 4.61. The van der Waals surface area contributed by atoms with Gasteiger partial charge in [0.15, 0.2) is 5.69 Å². The van der Waals surface area contributed by atoms with Gasteiger partial charge in [-0.25, -0.2) is 9.67 Å². The molecule has 0 radical (unpaired) electrons. The fourth-order valence-corrected chi connectivity index (χ4v) is 3.12. The highest BCUT2D eigenvalue weighted by Gasteiger charge is 2.52. The lowest BCUT2D eigenvalue weighted by atomic mass is 10.1.